The molecule has 5 heteroatoms. The molecule has 1 aliphatic rings. The Morgan fingerprint density at radius 3 is 2.52 bits per heavy atom. The van der Waals surface area contributed by atoms with Gasteiger partial charge in [0, 0.05) is 18.9 Å². The van der Waals surface area contributed by atoms with Crippen molar-refractivity contribution in [2.24, 2.45) is 11.8 Å². The van der Waals surface area contributed by atoms with Crippen molar-refractivity contribution in [3.63, 3.8) is 0 Å². The van der Waals surface area contributed by atoms with Gasteiger partial charge < -0.3 is 9.64 Å². The SMILES string of the molecule is CCC(c1ccncc1)N(CC)C(=O)C1CC1C(=O)OC. The van der Waals surface area contributed by atoms with Gasteiger partial charge in [0.05, 0.1) is 25.0 Å². The second-order valence-corrected chi connectivity index (χ2v) is 5.30. The number of hydrogen-bond donors (Lipinski definition) is 0. The van der Waals surface area contributed by atoms with Gasteiger partial charge in [-0.05, 0) is 37.5 Å². The minimum atomic E-state index is -0.277. The zero-order valence-electron chi connectivity index (χ0n) is 12.8. The van der Waals surface area contributed by atoms with Gasteiger partial charge in [-0.25, -0.2) is 0 Å². The lowest BCUT2D eigenvalue weighted by Crippen LogP contribution is -2.36. The molecule has 0 spiro atoms. The number of hydrogen-bond acceptors (Lipinski definition) is 4. The quantitative estimate of drug-likeness (QED) is 0.754. The maximum Gasteiger partial charge on any atom is 0.309 e. The molecule has 0 radical (unpaired) electrons. The third-order valence-corrected chi connectivity index (χ3v) is 4.09. The Hall–Kier alpha value is -1.91. The first-order chi connectivity index (χ1) is 10.1. The second-order valence-electron chi connectivity index (χ2n) is 5.30. The topological polar surface area (TPSA) is 59.5 Å². The molecule has 0 N–H and O–H groups in total. The highest BCUT2D eigenvalue weighted by Gasteiger charge is 2.50. The number of methoxy groups -OCH3 is 1. The largest absolute Gasteiger partial charge is 0.469 e. The van der Waals surface area contributed by atoms with Gasteiger partial charge in [0.25, 0.3) is 0 Å². The molecule has 3 unspecified atom stereocenters. The lowest BCUT2D eigenvalue weighted by molar-refractivity contribution is -0.145. The fourth-order valence-electron chi connectivity index (χ4n) is 2.84. The van der Waals surface area contributed by atoms with Crippen LogP contribution in [0.4, 0.5) is 0 Å². The van der Waals surface area contributed by atoms with E-state index in [-0.39, 0.29) is 29.8 Å². The first-order valence-corrected chi connectivity index (χ1v) is 7.42. The molecular weight excluding hydrogens is 268 g/mol. The van der Waals surface area contributed by atoms with Crippen LogP contribution in [0.2, 0.25) is 0 Å². The number of esters is 1. The molecule has 3 atom stereocenters. The van der Waals surface area contributed by atoms with Crippen molar-refractivity contribution < 1.29 is 14.3 Å². The van der Waals surface area contributed by atoms with Crippen LogP contribution in [0, 0.1) is 11.8 Å². The Kier molecular flexibility index (Phi) is 4.94. The molecule has 1 saturated carbocycles. The van der Waals surface area contributed by atoms with Crippen molar-refractivity contribution in [3.8, 4) is 0 Å². The van der Waals surface area contributed by atoms with Gasteiger partial charge in [0.2, 0.25) is 5.91 Å². The summed E-state index contributed by atoms with van der Waals surface area (Å²) in [5, 5.41) is 0. The van der Waals surface area contributed by atoms with Gasteiger partial charge in [-0.15, -0.1) is 0 Å². The molecule has 0 aromatic carbocycles. The number of aromatic nitrogens is 1. The number of rotatable bonds is 6. The van der Waals surface area contributed by atoms with E-state index < -0.39 is 0 Å². The molecule has 0 aliphatic heterocycles. The van der Waals surface area contributed by atoms with Crippen molar-refractivity contribution in [2.45, 2.75) is 32.7 Å². The fraction of sp³-hybridized carbons (Fsp3) is 0.562. The monoisotopic (exact) mass is 290 g/mol. The molecule has 1 heterocycles. The average molecular weight is 290 g/mol. The van der Waals surface area contributed by atoms with Crippen LogP contribution >= 0.6 is 0 Å². The first kappa shape index (κ1) is 15.5. The Morgan fingerprint density at radius 2 is 2.00 bits per heavy atom. The van der Waals surface area contributed by atoms with Crippen molar-refractivity contribution in [3.05, 3.63) is 30.1 Å². The average Bonchev–Trinajstić information content (AvgIpc) is 3.32. The molecule has 1 aromatic rings. The van der Waals surface area contributed by atoms with Gasteiger partial charge in [0.1, 0.15) is 0 Å². The molecule has 1 amide bonds. The smallest absolute Gasteiger partial charge is 0.309 e. The third kappa shape index (κ3) is 3.23. The Morgan fingerprint density at radius 1 is 1.33 bits per heavy atom. The number of nitrogens with zero attached hydrogens (tertiary/aromatic N) is 2. The van der Waals surface area contributed by atoms with E-state index in [1.165, 1.54) is 7.11 Å². The molecule has 2 rings (SSSR count). The van der Waals surface area contributed by atoms with Crippen LogP contribution in [0.3, 0.4) is 0 Å². The van der Waals surface area contributed by atoms with E-state index in [0.29, 0.717) is 13.0 Å². The lowest BCUT2D eigenvalue weighted by atomic mass is 10.0. The summed E-state index contributed by atoms with van der Waals surface area (Å²) in [7, 11) is 1.37. The minimum absolute atomic E-state index is 0.0318. The maximum absolute atomic E-state index is 12.6. The summed E-state index contributed by atoms with van der Waals surface area (Å²) in [5.41, 5.74) is 1.08. The molecule has 21 heavy (non-hydrogen) atoms. The van der Waals surface area contributed by atoms with Gasteiger partial charge in [-0.3, -0.25) is 14.6 Å². The van der Waals surface area contributed by atoms with E-state index in [9.17, 15) is 9.59 Å². The van der Waals surface area contributed by atoms with Gasteiger partial charge in [0.15, 0.2) is 0 Å². The molecule has 1 fully saturated rings. The van der Waals surface area contributed by atoms with E-state index in [1.807, 2.05) is 24.0 Å². The van der Waals surface area contributed by atoms with E-state index in [4.69, 9.17) is 4.74 Å². The summed E-state index contributed by atoms with van der Waals surface area (Å²) >= 11 is 0. The van der Waals surface area contributed by atoms with Crippen molar-refractivity contribution in [2.75, 3.05) is 13.7 Å². The van der Waals surface area contributed by atoms with E-state index in [2.05, 4.69) is 11.9 Å². The van der Waals surface area contributed by atoms with Crippen LogP contribution < -0.4 is 0 Å². The zero-order chi connectivity index (χ0) is 15.4. The minimum Gasteiger partial charge on any atom is -0.469 e. The van der Waals surface area contributed by atoms with Crippen LogP contribution in [0.15, 0.2) is 24.5 Å². The standard InChI is InChI=1S/C16H22N2O3/c1-4-14(11-6-8-17-9-7-11)18(5-2)15(19)12-10-13(12)16(20)21-3/h6-9,12-14H,4-5,10H2,1-3H3. The molecule has 0 saturated heterocycles. The van der Waals surface area contributed by atoms with Crippen molar-refractivity contribution in [1.82, 2.24) is 9.88 Å². The van der Waals surface area contributed by atoms with Gasteiger partial charge in [-0.1, -0.05) is 6.92 Å². The summed E-state index contributed by atoms with van der Waals surface area (Å²) in [6, 6.07) is 3.91. The zero-order valence-corrected chi connectivity index (χ0v) is 12.8. The highest BCUT2D eigenvalue weighted by molar-refractivity contribution is 5.90. The van der Waals surface area contributed by atoms with E-state index in [1.54, 1.807) is 12.4 Å². The molecule has 114 valence electrons. The summed E-state index contributed by atoms with van der Waals surface area (Å²) in [4.78, 5) is 30.0. The van der Waals surface area contributed by atoms with Crippen molar-refractivity contribution >= 4 is 11.9 Å². The fourth-order valence-corrected chi connectivity index (χ4v) is 2.84. The summed E-state index contributed by atoms with van der Waals surface area (Å²) in [5.74, 6) is -0.697. The predicted molar refractivity (Wildman–Crippen MR) is 78.3 cm³/mol. The normalized spacial score (nSPS) is 21.5. The number of ether oxygens (including phenoxy) is 1. The molecule has 0 bridgehead atoms. The highest BCUT2D eigenvalue weighted by atomic mass is 16.5. The number of amides is 1. The van der Waals surface area contributed by atoms with E-state index >= 15 is 0 Å². The molecular formula is C16H22N2O3. The third-order valence-electron chi connectivity index (χ3n) is 4.09. The van der Waals surface area contributed by atoms with Gasteiger partial charge >= 0.3 is 5.97 Å². The molecule has 1 aliphatic carbocycles. The van der Waals surface area contributed by atoms with Crippen LogP contribution in [-0.4, -0.2) is 35.4 Å². The highest BCUT2D eigenvalue weighted by Crippen LogP contribution is 2.42. The van der Waals surface area contributed by atoms with E-state index in [0.717, 1.165) is 12.0 Å². The summed E-state index contributed by atoms with van der Waals surface area (Å²) < 4.78 is 4.72. The second kappa shape index (κ2) is 6.70. The maximum atomic E-state index is 12.6. The number of carbonyl (C=O) groups is 2. The van der Waals surface area contributed by atoms with Crippen molar-refractivity contribution in [1.29, 1.82) is 0 Å². The Labute approximate surface area is 125 Å². The Bertz CT molecular complexity index is 504. The lowest BCUT2D eigenvalue weighted by Gasteiger charge is -2.30. The first-order valence-electron chi connectivity index (χ1n) is 7.42. The van der Waals surface area contributed by atoms with Crippen LogP contribution in [0.5, 0.6) is 0 Å². The van der Waals surface area contributed by atoms with Crippen LogP contribution in [-0.2, 0) is 14.3 Å². The molecule has 1 aromatic heterocycles. The predicted octanol–water partition coefficient (Wildman–Crippen LogP) is 2.19. The number of pyridine rings is 1. The molecule has 5 nitrogen and oxygen atoms in total. The van der Waals surface area contributed by atoms with Crippen LogP contribution in [0.1, 0.15) is 38.3 Å². The number of carbonyl (C=O) groups excluding carboxylic acids is 2. The summed E-state index contributed by atoms with van der Waals surface area (Å²) in [6.07, 6.45) is 4.92. The van der Waals surface area contributed by atoms with Gasteiger partial charge in [-0.2, -0.15) is 0 Å². The summed E-state index contributed by atoms with van der Waals surface area (Å²) in [6.45, 7) is 4.66. The Balaban J connectivity index is 2.12. The van der Waals surface area contributed by atoms with Crippen LogP contribution in [0.25, 0.3) is 0 Å².